The molecule has 3 atom stereocenters. The molecule has 2 rings (SSSR count). The number of ether oxygens (including phenoxy) is 1. The Bertz CT molecular complexity index is 383. The van der Waals surface area contributed by atoms with E-state index in [1.807, 2.05) is 25.3 Å². The molecule has 1 fully saturated rings. The van der Waals surface area contributed by atoms with Crippen LogP contribution in [-0.2, 0) is 4.74 Å². The molecule has 1 aliphatic rings. The molecule has 1 N–H and O–H groups in total. The predicted molar refractivity (Wildman–Crippen MR) is 76.1 cm³/mol. The third-order valence-corrected chi connectivity index (χ3v) is 4.19. The van der Waals surface area contributed by atoms with E-state index in [9.17, 15) is 0 Å². The molecule has 0 spiro atoms. The second-order valence-corrected chi connectivity index (χ2v) is 5.48. The highest BCUT2D eigenvalue weighted by Crippen LogP contribution is 2.26. The maximum atomic E-state index is 6.24. The summed E-state index contributed by atoms with van der Waals surface area (Å²) in [4.78, 5) is 0. The molecule has 3 unspecified atom stereocenters. The van der Waals surface area contributed by atoms with E-state index in [0.29, 0.717) is 12.1 Å². The van der Waals surface area contributed by atoms with Crippen molar-refractivity contribution in [2.45, 2.75) is 50.8 Å². The summed E-state index contributed by atoms with van der Waals surface area (Å²) in [7, 11) is 1.81. The summed E-state index contributed by atoms with van der Waals surface area (Å²) < 4.78 is 5.58. The quantitative estimate of drug-likeness (QED) is 0.892. The van der Waals surface area contributed by atoms with E-state index < -0.39 is 0 Å². The monoisotopic (exact) mass is 267 g/mol. The molecule has 1 aromatic rings. The molecule has 0 saturated heterocycles. The van der Waals surface area contributed by atoms with E-state index in [4.69, 9.17) is 16.3 Å². The highest BCUT2D eigenvalue weighted by molar-refractivity contribution is 6.31. The number of hydrogen-bond acceptors (Lipinski definition) is 2. The minimum Gasteiger partial charge on any atom is -0.380 e. The van der Waals surface area contributed by atoms with Crippen LogP contribution in [0.5, 0.6) is 0 Å². The number of benzene rings is 1. The first-order valence-corrected chi connectivity index (χ1v) is 7.13. The van der Waals surface area contributed by atoms with Crippen LogP contribution in [0.1, 0.15) is 44.2 Å². The van der Waals surface area contributed by atoms with Gasteiger partial charge in [0.25, 0.3) is 0 Å². The van der Waals surface area contributed by atoms with Gasteiger partial charge in [0.15, 0.2) is 0 Å². The van der Waals surface area contributed by atoms with Crippen molar-refractivity contribution in [1.29, 1.82) is 0 Å². The van der Waals surface area contributed by atoms with Crippen LogP contribution >= 0.6 is 11.6 Å². The highest BCUT2D eigenvalue weighted by Gasteiger charge is 2.26. The summed E-state index contributed by atoms with van der Waals surface area (Å²) in [5, 5.41) is 4.50. The second-order valence-electron chi connectivity index (χ2n) is 5.07. The molecular formula is C15H22ClNO. The van der Waals surface area contributed by atoms with Crippen molar-refractivity contribution < 1.29 is 4.74 Å². The van der Waals surface area contributed by atoms with Gasteiger partial charge < -0.3 is 10.1 Å². The van der Waals surface area contributed by atoms with Crippen LogP contribution in [0.25, 0.3) is 0 Å². The smallest absolute Gasteiger partial charge is 0.0724 e. The fourth-order valence-electron chi connectivity index (χ4n) is 2.81. The fourth-order valence-corrected chi connectivity index (χ4v) is 3.11. The number of methoxy groups -OCH3 is 1. The van der Waals surface area contributed by atoms with Crippen molar-refractivity contribution in [3.63, 3.8) is 0 Å². The van der Waals surface area contributed by atoms with E-state index in [0.717, 1.165) is 11.4 Å². The first kappa shape index (κ1) is 13.9. The van der Waals surface area contributed by atoms with Gasteiger partial charge in [0.05, 0.1) is 6.10 Å². The Morgan fingerprint density at radius 2 is 2.00 bits per heavy atom. The van der Waals surface area contributed by atoms with Gasteiger partial charge in [-0.1, -0.05) is 42.6 Å². The van der Waals surface area contributed by atoms with Crippen molar-refractivity contribution in [2.24, 2.45) is 0 Å². The van der Waals surface area contributed by atoms with Gasteiger partial charge in [0, 0.05) is 24.2 Å². The largest absolute Gasteiger partial charge is 0.380 e. The molecule has 0 radical (unpaired) electrons. The lowest BCUT2D eigenvalue weighted by Gasteiger charge is -2.33. The van der Waals surface area contributed by atoms with E-state index in [1.54, 1.807) is 0 Å². The van der Waals surface area contributed by atoms with Crippen LogP contribution in [0, 0.1) is 0 Å². The number of hydrogen-bond donors (Lipinski definition) is 1. The van der Waals surface area contributed by atoms with Crippen molar-refractivity contribution >= 4 is 11.6 Å². The van der Waals surface area contributed by atoms with Gasteiger partial charge in [-0.25, -0.2) is 0 Å². The standard InChI is InChI=1S/C15H22ClNO/c1-11(12-7-3-4-8-13(12)16)17-14-9-5-6-10-15(14)18-2/h3-4,7-8,11,14-15,17H,5-6,9-10H2,1-2H3. The average molecular weight is 268 g/mol. The zero-order chi connectivity index (χ0) is 13.0. The van der Waals surface area contributed by atoms with Gasteiger partial charge >= 0.3 is 0 Å². The fraction of sp³-hybridized carbons (Fsp3) is 0.600. The molecule has 0 bridgehead atoms. The van der Waals surface area contributed by atoms with Crippen LogP contribution in [0.3, 0.4) is 0 Å². The minimum atomic E-state index is 0.263. The van der Waals surface area contributed by atoms with Gasteiger partial charge in [-0.05, 0) is 31.4 Å². The lowest BCUT2D eigenvalue weighted by atomic mass is 9.91. The van der Waals surface area contributed by atoms with Crippen LogP contribution in [-0.4, -0.2) is 19.3 Å². The Morgan fingerprint density at radius 3 is 2.72 bits per heavy atom. The molecule has 1 aliphatic carbocycles. The Hall–Kier alpha value is -0.570. The number of rotatable bonds is 4. The average Bonchev–Trinajstić information content (AvgIpc) is 2.39. The molecular weight excluding hydrogens is 246 g/mol. The van der Waals surface area contributed by atoms with Gasteiger partial charge in [-0.15, -0.1) is 0 Å². The first-order chi connectivity index (χ1) is 8.72. The summed E-state index contributed by atoms with van der Waals surface area (Å²) >= 11 is 6.24. The summed E-state index contributed by atoms with van der Waals surface area (Å²) in [5.74, 6) is 0. The van der Waals surface area contributed by atoms with Crippen LogP contribution in [0.4, 0.5) is 0 Å². The molecule has 1 aromatic carbocycles. The maximum Gasteiger partial charge on any atom is 0.0724 e. The Balaban J connectivity index is 2.02. The third kappa shape index (κ3) is 3.25. The van der Waals surface area contributed by atoms with Crippen molar-refractivity contribution in [2.75, 3.05) is 7.11 Å². The summed E-state index contributed by atoms with van der Waals surface area (Å²) in [6, 6.07) is 8.74. The van der Waals surface area contributed by atoms with Gasteiger partial charge in [0.1, 0.15) is 0 Å². The van der Waals surface area contributed by atoms with E-state index in [1.165, 1.54) is 24.8 Å². The molecule has 0 amide bonds. The van der Waals surface area contributed by atoms with Crippen LogP contribution in [0.2, 0.25) is 5.02 Å². The summed E-state index contributed by atoms with van der Waals surface area (Å²) in [5.41, 5.74) is 1.17. The Kier molecular flexibility index (Phi) is 5.04. The van der Waals surface area contributed by atoms with Gasteiger partial charge in [-0.3, -0.25) is 0 Å². The molecule has 2 nitrogen and oxygen atoms in total. The Labute approximate surface area is 115 Å². The molecule has 0 aromatic heterocycles. The van der Waals surface area contributed by atoms with Crippen molar-refractivity contribution in [1.82, 2.24) is 5.32 Å². The minimum absolute atomic E-state index is 0.263. The third-order valence-electron chi connectivity index (χ3n) is 3.84. The zero-order valence-electron chi connectivity index (χ0n) is 11.2. The van der Waals surface area contributed by atoms with E-state index in [2.05, 4.69) is 18.3 Å². The maximum absolute atomic E-state index is 6.24. The molecule has 1 saturated carbocycles. The van der Waals surface area contributed by atoms with Crippen molar-refractivity contribution in [3.8, 4) is 0 Å². The van der Waals surface area contributed by atoms with Crippen molar-refractivity contribution in [3.05, 3.63) is 34.9 Å². The highest BCUT2D eigenvalue weighted by atomic mass is 35.5. The molecule has 0 heterocycles. The molecule has 100 valence electrons. The normalized spacial score (nSPS) is 25.9. The summed E-state index contributed by atoms with van der Waals surface area (Å²) in [6.45, 7) is 2.17. The molecule has 3 heteroatoms. The van der Waals surface area contributed by atoms with Crippen LogP contribution in [0.15, 0.2) is 24.3 Å². The van der Waals surface area contributed by atoms with Gasteiger partial charge in [-0.2, -0.15) is 0 Å². The van der Waals surface area contributed by atoms with E-state index >= 15 is 0 Å². The Morgan fingerprint density at radius 1 is 1.28 bits per heavy atom. The summed E-state index contributed by atoms with van der Waals surface area (Å²) in [6.07, 6.45) is 5.24. The topological polar surface area (TPSA) is 21.3 Å². The van der Waals surface area contributed by atoms with Gasteiger partial charge in [0.2, 0.25) is 0 Å². The molecule has 18 heavy (non-hydrogen) atoms. The number of nitrogens with one attached hydrogen (secondary N) is 1. The zero-order valence-corrected chi connectivity index (χ0v) is 11.9. The predicted octanol–water partition coefficient (Wildman–Crippen LogP) is 3.95. The first-order valence-electron chi connectivity index (χ1n) is 6.75. The SMILES string of the molecule is COC1CCCCC1NC(C)c1ccccc1Cl. The molecule has 0 aliphatic heterocycles. The lowest BCUT2D eigenvalue weighted by molar-refractivity contribution is 0.0384. The number of halogens is 1. The van der Waals surface area contributed by atoms with Crippen LogP contribution < -0.4 is 5.32 Å². The lowest BCUT2D eigenvalue weighted by Crippen LogP contribution is -2.44. The van der Waals surface area contributed by atoms with E-state index in [-0.39, 0.29) is 6.04 Å². The second kappa shape index (κ2) is 6.55.